The van der Waals surface area contributed by atoms with E-state index in [0.29, 0.717) is 16.8 Å². The van der Waals surface area contributed by atoms with E-state index in [1.54, 1.807) is 30.5 Å². The fourth-order valence-electron chi connectivity index (χ4n) is 1.68. The van der Waals surface area contributed by atoms with Crippen molar-refractivity contribution in [1.29, 1.82) is 0 Å². The zero-order valence-corrected chi connectivity index (χ0v) is 14.2. The number of nitrogens with one attached hydrogen (secondary N) is 1. The molecule has 20 heavy (non-hydrogen) atoms. The summed E-state index contributed by atoms with van der Waals surface area (Å²) in [7, 11) is -3.80. The van der Waals surface area contributed by atoms with Crippen molar-refractivity contribution in [3.8, 4) is 0 Å². The van der Waals surface area contributed by atoms with E-state index in [9.17, 15) is 13.2 Å². The topological polar surface area (TPSA) is 89.3 Å². The third-order valence-electron chi connectivity index (χ3n) is 2.67. The van der Waals surface area contributed by atoms with Gasteiger partial charge in [-0.05, 0) is 53.3 Å². The van der Waals surface area contributed by atoms with E-state index in [4.69, 9.17) is 5.14 Å². The number of sulfonamides is 1. The molecule has 3 N–H and O–H groups in total. The van der Waals surface area contributed by atoms with Crippen molar-refractivity contribution >= 4 is 55.5 Å². The number of benzene rings is 1. The van der Waals surface area contributed by atoms with Gasteiger partial charge in [-0.25, -0.2) is 13.6 Å². The summed E-state index contributed by atoms with van der Waals surface area (Å²) in [6.07, 6.45) is 0. The van der Waals surface area contributed by atoms with Gasteiger partial charge >= 0.3 is 0 Å². The van der Waals surface area contributed by atoms with E-state index in [1.165, 1.54) is 17.4 Å². The molecule has 8 heteroatoms. The highest BCUT2D eigenvalue weighted by molar-refractivity contribution is 14.1. The largest absolute Gasteiger partial charge is 0.322 e. The van der Waals surface area contributed by atoms with Crippen LogP contribution >= 0.6 is 33.9 Å². The van der Waals surface area contributed by atoms with E-state index in [0.717, 1.165) is 2.88 Å². The summed E-state index contributed by atoms with van der Waals surface area (Å²) in [6.45, 7) is 1.60. The van der Waals surface area contributed by atoms with Gasteiger partial charge in [-0.1, -0.05) is 6.07 Å². The Morgan fingerprint density at radius 2 is 2.10 bits per heavy atom. The molecule has 0 atom stereocenters. The second-order valence-electron chi connectivity index (χ2n) is 4.07. The minimum atomic E-state index is -3.80. The first-order valence-corrected chi connectivity index (χ1v) is 8.97. The lowest BCUT2D eigenvalue weighted by molar-refractivity contribution is 0.102. The van der Waals surface area contributed by atoms with Crippen LogP contribution in [0.25, 0.3) is 0 Å². The normalized spacial score (nSPS) is 11.3. The number of rotatable bonds is 3. The highest BCUT2D eigenvalue weighted by Gasteiger charge is 2.16. The number of carbonyl (C=O) groups excluding carboxylic acids is 1. The fraction of sp³-hybridized carbons (Fsp3) is 0.0833. The second-order valence-corrected chi connectivity index (χ2v) is 8.40. The van der Waals surface area contributed by atoms with Gasteiger partial charge in [-0.3, -0.25) is 4.79 Å². The predicted octanol–water partition coefficient (Wildman–Crippen LogP) is 2.56. The molecule has 2 aromatic rings. The van der Waals surface area contributed by atoms with E-state index in [1.807, 2.05) is 0 Å². The van der Waals surface area contributed by atoms with E-state index in [2.05, 4.69) is 27.9 Å². The molecule has 1 aromatic heterocycles. The summed E-state index contributed by atoms with van der Waals surface area (Å²) < 4.78 is 23.9. The first-order valence-electron chi connectivity index (χ1n) is 5.47. The van der Waals surface area contributed by atoms with Crippen molar-refractivity contribution in [2.45, 2.75) is 11.8 Å². The summed E-state index contributed by atoms with van der Waals surface area (Å²) in [5.74, 6) is -0.279. The molecule has 0 saturated heterocycles. The number of anilines is 1. The summed E-state index contributed by atoms with van der Waals surface area (Å²) in [5.41, 5.74) is 1.40. The molecule has 0 fully saturated rings. The van der Waals surface area contributed by atoms with Crippen LogP contribution in [-0.4, -0.2) is 14.3 Å². The standard InChI is InChI=1S/C12H11IN2O3S2/c1-7-9(3-2-4-10(7)20(14,17)18)15-12(16)8-5-11(13)19-6-8/h2-6H,1H3,(H,15,16)(H2,14,17,18). The Labute approximate surface area is 134 Å². The number of amides is 1. The number of halogens is 1. The number of thiophene rings is 1. The molecule has 106 valence electrons. The Balaban J connectivity index is 2.33. The highest BCUT2D eigenvalue weighted by atomic mass is 127. The van der Waals surface area contributed by atoms with Gasteiger partial charge in [0.05, 0.1) is 13.3 Å². The number of hydrogen-bond donors (Lipinski definition) is 2. The van der Waals surface area contributed by atoms with Gasteiger partial charge in [0, 0.05) is 11.1 Å². The maximum Gasteiger partial charge on any atom is 0.256 e. The Bertz CT molecular complexity index is 769. The highest BCUT2D eigenvalue weighted by Crippen LogP contribution is 2.23. The summed E-state index contributed by atoms with van der Waals surface area (Å²) in [4.78, 5) is 12.1. The third kappa shape index (κ3) is 3.37. The Hall–Kier alpha value is -0.970. The molecule has 0 radical (unpaired) electrons. The fourth-order valence-corrected chi connectivity index (χ4v) is 3.81. The summed E-state index contributed by atoms with van der Waals surface area (Å²) in [5, 5.41) is 9.57. The summed E-state index contributed by atoms with van der Waals surface area (Å²) >= 11 is 3.60. The Kier molecular flexibility index (Phi) is 4.47. The third-order valence-corrected chi connectivity index (χ3v) is 5.51. The first kappa shape index (κ1) is 15.4. The van der Waals surface area contributed by atoms with Crippen LogP contribution in [0, 0.1) is 9.81 Å². The van der Waals surface area contributed by atoms with Gasteiger partial charge in [-0.2, -0.15) is 0 Å². The Morgan fingerprint density at radius 3 is 2.65 bits per heavy atom. The van der Waals surface area contributed by atoms with E-state index < -0.39 is 10.0 Å². The molecule has 1 aromatic carbocycles. The average molecular weight is 422 g/mol. The minimum absolute atomic E-state index is 0.00944. The second kappa shape index (κ2) is 5.80. The van der Waals surface area contributed by atoms with Crippen molar-refractivity contribution in [1.82, 2.24) is 0 Å². The van der Waals surface area contributed by atoms with Crippen LogP contribution in [0.4, 0.5) is 5.69 Å². The maximum absolute atomic E-state index is 12.1. The molecule has 0 aliphatic carbocycles. The van der Waals surface area contributed by atoms with Gasteiger partial charge < -0.3 is 5.32 Å². The molecule has 0 aliphatic heterocycles. The van der Waals surface area contributed by atoms with Crippen molar-refractivity contribution in [3.05, 3.63) is 43.7 Å². The molecule has 0 aliphatic rings. The van der Waals surface area contributed by atoms with E-state index >= 15 is 0 Å². The molecule has 0 saturated carbocycles. The number of hydrogen-bond acceptors (Lipinski definition) is 4. The van der Waals surface area contributed by atoms with Gasteiger partial charge in [0.2, 0.25) is 10.0 Å². The van der Waals surface area contributed by atoms with Gasteiger partial charge in [0.15, 0.2) is 0 Å². The Morgan fingerprint density at radius 1 is 1.40 bits per heavy atom. The van der Waals surface area contributed by atoms with Crippen molar-refractivity contribution < 1.29 is 13.2 Å². The molecule has 0 unspecified atom stereocenters. The van der Waals surface area contributed by atoms with Crippen molar-refractivity contribution in [2.75, 3.05) is 5.32 Å². The molecule has 5 nitrogen and oxygen atoms in total. The van der Waals surface area contributed by atoms with E-state index in [-0.39, 0.29) is 10.8 Å². The molecule has 2 rings (SSSR count). The summed E-state index contributed by atoms with van der Waals surface area (Å²) in [6, 6.07) is 6.35. The quantitative estimate of drug-likeness (QED) is 0.746. The van der Waals surface area contributed by atoms with Gasteiger partial charge in [0.25, 0.3) is 5.91 Å². The first-order chi connectivity index (χ1) is 9.29. The van der Waals surface area contributed by atoms with Crippen LogP contribution in [0.15, 0.2) is 34.5 Å². The van der Waals surface area contributed by atoms with Crippen LogP contribution in [0.3, 0.4) is 0 Å². The molecule has 1 amide bonds. The van der Waals surface area contributed by atoms with Crippen molar-refractivity contribution in [3.63, 3.8) is 0 Å². The van der Waals surface area contributed by atoms with Crippen LogP contribution in [0.2, 0.25) is 0 Å². The van der Waals surface area contributed by atoms with Gasteiger partial charge in [0.1, 0.15) is 0 Å². The molecular formula is C12H11IN2O3S2. The van der Waals surface area contributed by atoms with Crippen LogP contribution in [0.5, 0.6) is 0 Å². The lowest BCUT2D eigenvalue weighted by atomic mass is 10.2. The minimum Gasteiger partial charge on any atom is -0.322 e. The SMILES string of the molecule is Cc1c(NC(=O)c2csc(I)c2)cccc1S(N)(=O)=O. The monoisotopic (exact) mass is 422 g/mol. The average Bonchev–Trinajstić information content (AvgIpc) is 2.77. The lowest BCUT2D eigenvalue weighted by Gasteiger charge is -2.10. The van der Waals surface area contributed by atoms with Crippen LogP contribution in [-0.2, 0) is 10.0 Å². The zero-order valence-electron chi connectivity index (χ0n) is 10.4. The molecule has 1 heterocycles. The van der Waals surface area contributed by atoms with Crippen LogP contribution in [0.1, 0.15) is 15.9 Å². The predicted molar refractivity (Wildman–Crippen MR) is 87.5 cm³/mol. The van der Waals surface area contributed by atoms with Crippen LogP contribution < -0.4 is 10.5 Å². The zero-order chi connectivity index (χ0) is 14.9. The molecular weight excluding hydrogens is 411 g/mol. The maximum atomic E-state index is 12.1. The number of nitrogens with two attached hydrogens (primary N) is 1. The number of carbonyl (C=O) groups is 1. The number of primary sulfonamides is 1. The molecule has 0 bridgehead atoms. The van der Waals surface area contributed by atoms with Gasteiger partial charge in [-0.15, -0.1) is 11.3 Å². The lowest BCUT2D eigenvalue weighted by Crippen LogP contribution is -2.16. The smallest absolute Gasteiger partial charge is 0.256 e. The van der Waals surface area contributed by atoms with Crippen molar-refractivity contribution in [2.24, 2.45) is 5.14 Å². The molecule has 0 spiro atoms.